The first-order chi connectivity index (χ1) is 4.59. The van der Waals surface area contributed by atoms with E-state index >= 15 is 0 Å². The summed E-state index contributed by atoms with van der Waals surface area (Å²) >= 11 is 0. The molecule has 2 N–H and O–H groups in total. The largest absolute Gasteiger partial charge is 0.390 e. The van der Waals surface area contributed by atoms with Crippen molar-refractivity contribution >= 4 is 0 Å². The summed E-state index contributed by atoms with van der Waals surface area (Å²) in [5.74, 6) is 0. The zero-order valence-corrected chi connectivity index (χ0v) is 7.26. The molecular weight excluding hydrogens is 128 g/mol. The fourth-order valence-electron chi connectivity index (χ4n) is 0.724. The topological polar surface area (TPSA) is 35.5 Å². The maximum absolute atomic E-state index is 9.38. The summed E-state index contributed by atoms with van der Waals surface area (Å²) in [6.07, 6.45) is -0.278. The molecular formula is C7H18N2O. The number of aliphatic hydroxyl groups excluding tert-OH is 1. The van der Waals surface area contributed by atoms with Crippen molar-refractivity contribution in [3.8, 4) is 0 Å². The first kappa shape index (κ1) is 9.88. The highest BCUT2D eigenvalue weighted by atomic mass is 16.3. The first-order valence-corrected chi connectivity index (χ1v) is 3.58. The molecule has 0 rings (SSSR count). The van der Waals surface area contributed by atoms with Crippen molar-refractivity contribution in [2.75, 3.05) is 27.7 Å². The summed E-state index contributed by atoms with van der Waals surface area (Å²) in [6.45, 7) is 2.65. The van der Waals surface area contributed by atoms with E-state index in [1.807, 2.05) is 33.0 Å². The van der Waals surface area contributed by atoms with Crippen LogP contribution in [-0.4, -0.2) is 49.8 Å². The van der Waals surface area contributed by atoms with Gasteiger partial charge in [0.1, 0.15) is 0 Å². The lowest BCUT2D eigenvalue weighted by Gasteiger charge is -2.24. The molecule has 0 heterocycles. The van der Waals surface area contributed by atoms with Crippen molar-refractivity contribution in [2.24, 2.45) is 0 Å². The number of nitrogens with one attached hydrogen (secondary N) is 1. The fourth-order valence-corrected chi connectivity index (χ4v) is 0.724. The quantitative estimate of drug-likeness (QED) is 0.562. The molecule has 0 saturated carbocycles. The molecule has 0 aromatic rings. The van der Waals surface area contributed by atoms with Gasteiger partial charge in [0, 0.05) is 12.6 Å². The number of hydrogen-bond acceptors (Lipinski definition) is 3. The second-order valence-electron chi connectivity index (χ2n) is 2.83. The third-order valence-electron chi connectivity index (χ3n) is 1.78. The Kier molecular flexibility index (Phi) is 4.60. The molecule has 0 aromatic heterocycles. The minimum Gasteiger partial charge on any atom is -0.390 e. The number of aliphatic hydroxyl groups is 1. The third-order valence-corrected chi connectivity index (χ3v) is 1.78. The normalized spacial score (nSPS) is 17.4. The molecule has 62 valence electrons. The Morgan fingerprint density at radius 1 is 1.50 bits per heavy atom. The van der Waals surface area contributed by atoms with Gasteiger partial charge in [0.15, 0.2) is 0 Å². The van der Waals surface area contributed by atoms with Crippen LogP contribution in [0, 0.1) is 0 Å². The molecule has 0 radical (unpaired) electrons. The third kappa shape index (κ3) is 3.15. The van der Waals surface area contributed by atoms with Crippen molar-refractivity contribution in [2.45, 2.75) is 19.1 Å². The second-order valence-corrected chi connectivity index (χ2v) is 2.83. The lowest BCUT2D eigenvalue weighted by atomic mass is 10.2. The van der Waals surface area contributed by atoms with Gasteiger partial charge in [-0.3, -0.25) is 0 Å². The van der Waals surface area contributed by atoms with Gasteiger partial charge >= 0.3 is 0 Å². The summed E-state index contributed by atoms with van der Waals surface area (Å²) in [6, 6.07) is 0.215. The molecule has 1 unspecified atom stereocenters. The number of nitrogens with zero attached hydrogens (tertiary/aromatic N) is 1. The average Bonchev–Trinajstić information content (AvgIpc) is 1.87. The van der Waals surface area contributed by atoms with Gasteiger partial charge in [-0.2, -0.15) is 0 Å². The number of rotatable bonds is 4. The van der Waals surface area contributed by atoms with Crippen LogP contribution in [0.4, 0.5) is 0 Å². The summed E-state index contributed by atoms with van der Waals surface area (Å²) in [5, 5.41) is 12.3. The number of likely N-dealkylation sites (N-methyl/N-ethyl adjacent to an activating group) is 2. The van der Waals surface area contributed by atoms with Crippen LogP contribution < -0.4 is 5.32 Å². The SMILES string of the molecule is CNCC(O)[C@@H](C)N(C)C. The van der Waals surface area contributed by atoms with Crippen molar-refractivity contribution in [1.82, 2.24) is 10.2 Å². The lowest BCUT2D eigenvalue weighted by molar-refractivity contribution is 0.0868. The molecule has 0 bridgehead atoms. The molecule has 0 saturated heterocycles. The Balaban J connectivity index is 3.58. The molecule has 0 aromatic carbocycles. The van der Waals surface area contributed by atoms with Crippen LogP contribution in [0.15, 0.2) is 0 Å². The smallest absolute Gasteiger partial charge is 0.0816 e. The van der Waals surface area contributed by atoms with E-state index in [9.17, 15) is 5.11 Å². The van der Waals surface area contributed by atoms with E-state index in [0.717, 1.165) is 0 Å². The Morgan fingerprint density at radius 2 is 2.00 bits per heavy atom. The van der Waals surface area contributed by atoms with Crippen molar-refractivity contribution < 1.29 is 5.11 Å². The van der Waals surface area contributed by atoms with Gasteiger partial charge in [-0.15, -0.1) is 0 Å². The monoisotopic (exact) mass is 146 g/mol. The van der Waals surface area contributed by atoms with E-state index in [0.29, 0.717) is 6.54 Å². The van der Waals surface area contributed by atoms with E-state index < -0.39 is 0 Å². The molecule has 10 heavy (non-hydrogen) atoms. The fraction of sp³-hybridized carbons (Fsp3) is 1.00. The van der Waals surface area contributed by atoms with Crippen molar-refractivity contribution in [3.05, 3.63) is 0 Å². The average molecular weight is 146 g/mol. The highest BCUT2D eigenvalue weighted by Crippen LogP contribution is 1.97. The van der Waals surface area contributed by atoms with Gasteiger partial charge in [-0.25, -0.2) is 0 Å². The molecule has 2 atom stereocenters. The van der Waals surface area contributed by atoms with E-state index in [1.165, 1.54) is 0 Å². The zero-order valence-electron chi connectivity index (χ0n) is 7.26. The molecule has 0 aliphatic carbocycles. The molecule has 0 amide bonds. The highest BCUT2D eigenvalue weighted by Gasteiger charge is 2.14. The zero-order chi connectivity index (χ0) is 8.15. The van der Waals surface area contributed by atoms with Crippen molar-refractivity contribution in [1.29, 1.82) is 0 Å². The maximum atomic E-state index is 9.38. The minimum absolute atomic E-state index is 0.215. The summed E-state index contributed by atoms with van der Waals surface area (Å²) in [7, 11) is 5.76. The first-order valence-electron chi connectivity index (χ1n) is 3.58. The molecule has 3 heteroatoms. The van der Waals surface area contributed by atoms with Gasteiger partial charge in [-0.05, 0) is 28.1 Å². The van der Waals surface area contributed by atoms with Gasteiger partial charge in [0.05, 0.1) is 6.10 Å². The van der Waals surface area contributed by atoms with Gasteiger partial charge in [0.2, 0.25) is 0 Å². The lowest BCUT2D eigenvalue weighted by Crippen LogP contribution is -2.41. The van der Waals surface area contributed by atoms with Crippen molar-refractivity contribution in [3.63, 3.8) is 0 Å². The predicted molar refractivity (Wildman–Crippen MR) is 43.1 cm³/mol. The van der Waals surface area contributed by atoms with E-state index in [1.54, 1.807) is 0 Å². The predicted octanol–water partition coefficient (Wildman–Crippen LogP) is -0.483. The molecule has 0 aliphatic heterocycles. The van der Waals surface area contributed by atoms with E-state index in [-0.39, 0.29) is 12.1 Å². The summed E-state index contributed by atoms with van der Waals surface area (Å²) < 4.78 is 0. The summed E-state index contributed by atoms with van der Waals surface area (Å²) in [4.78, 5) is 2.00. The Morgan fingerprint density at radius 3 is 2.30 bits per heavy atom. The van der Waals surface area contributed by atoms with Crippen LogP contribution in [0.1, 0.15) is 6.92 Å². The van der Waals surface area contributed by atoms with Crippen LogP contribution in [0.5, 0.6) is 0 Å². The van der Waals surface area contributed by atoms with Crippen LogP contribution >= 0.6 is 0 Å². The van der Waals surface area contributed by atoms with Gasteiger partial charge in [0.25, 0.3) is 0 Å². The van der Waals surface area contributed by atoms with E-state index in [2.05, 4.69) is 5.32 Å². The van der Waals surface area contributed by atoms with Gasteiger partial charge in [-0.1, -0.05) is 0 Å². The second kappa shape index (κ2) is 4.66. The molecule has 3 nitrogen and oxygen atoms in total. The summed E-state index contributed by atoms with van der Waals surface area (Å²) in [5.41, 5.74) is 0. The standard InChI is InChI=1S/C7H18N2O/c1-6(9(3)4)7(10)5-8-2/h6-8,10H,5H2,1-4H3/t6-,7?/m1/s1. The van der Waals surface area contributed by atoms with Gasteiger partial charge < -0.3 is 15.3 Å². The minimum atomic E-state index is -0.278. The van der Waals surface area contributed by atoms with Crippen LogP contribution in [-0.2, 0) is 0 Å². The highest BCUT2D eigenvalue weighted by molar-refractivity contribution is 4.71. The Labute approximate surface area is 63.0 Å². The molecule has 0 spiro atoms. The van der Waals surface area contributed by atoms with E-state index in [4.69, 9.17) is 0 Å². The van der Waals surface area contributed by atoms with Crippen LogP contribution in [0.25, 0.3) is 0 Å². The maximum Gasteiger partial charge on any atom is 0.0816 e. The number of hydrogen-bond donors (Lipinski definition) is 2. The Bertz CT molecular complexity index is 85.7. The molecule has 0 aliphatic rings. The Hall–Kier alpha value is -0.120. The van der Waals surface area contributed by atoms with Crippen LogP contribution in [0.2, 0.25) is 0 Å². The van der Waals surface area contributed by atoms with Crippen LogP contribution in [0.3, 0.4) is 0 Å². The molecule has 0 fully saturated rings.